The molecular formula is C29H33F13N2O5. The minimum absolute atomic E-state index is 0.0328. The highest BCUT2D eigenvalue weighted by molar-refractivity contribution is 5.58. The van der Waals surface area contributed by atoms with Crippen LogP contribution in [0.5, 0.6) is 5.75 Å². The summed E-state index contributed by atoms with van der Waals surface area (Å²) in [7, 11) is 0. The molecule has 0 N–H and O–H groups in total. The Kier molecular flexibility index (Phi) is 15.3. The third-order valence-electron chi connectivity index (χ3n) is 6.35. The molecule has 49 heavy (non-hydrogen) atoms. The Morgan fingerprint density at radius 3 is 1.78 bits per heavy atom. The molecule has 0 amide bonds. The number of benzene rings is 1. The van der Waals surface area contributed by atoms with Crippen molar-refractivity contribution in [2.75, 3.05) is 19.8 Å². The summed E-state index contributed by atoms with van der Waals surface area (Å²) in [4.78, 5) is 8.45. The first-order valence-electron chi connectivity index (χ1n) is 14.8. The second-order valence-corrected chi connectivity index (χ2v) is 10.5. The normalized spacial score (nSPS) is 13.6. The molecule has 0 fully saturated rings. The van der Waals surface area contributed by atoms with Crippen LogP contribution in [0, 0.1) is 0 Å². The fourth-order valence-electron chi connectivity index (χ4n) is 4.04. The summed E-state index contributed by atoms with van der Waals surface area (Å²) in [6.07, 6.45) is -29.5. The second-order valence-electron chi connectivity index (χ2n) is 10.5. The first-order valence-corrected chi connectivity index (χ1v) is 14.8. The number of unbranched alkanes of at least 4 members (excludes halogenated alkanes) is 6. The third kappa shape index (κ3) is 14.1. The fourth-order valence-corrected chi connectivity index (χ4v) is 4.04. The smallest absolute Gasteiger partial charge is 0.493 e. The fraction of sp³-hybridized carbons (Fsp3) is 0.655. The van der Waals surface area contributed by atoms with E-state index in [1.54, 1.807) is 35.3 Å². The molecule has 2 rings (SSSR count). The van der Waals surface area contributed by atoms with E-state index in [0.29, 0.717) is 18.0 Å². The van der Waals surface area contributed by atoms with E-state index in [0.717, 1.165) is 49.7 Å². The average molecular weight is 737 g/mol. The number of hydrogen-bond donors (Lipinski definition) is 0. The number of rotatable bonds is 23. The number of aryl methyl sites for hydroxylation is 1. The van der Waals surface area contributed by atoms with E-state index in [9.17, 15) is 57.1 Å². The van der Waals surface area contributed by atoms with Crippen molar-refractivity contribution in [3.63, 3.8) is 0 Å². The highest BCUT2D eigenvalue weighted by atomic mass is 19.4. The van der Waals surface area contributed by atoms with E-state index >= 15 is 0 Å². The van der Waals surface area contributed by atoms with E-state index in [1.165, 1.54) is 0 Å². The van der Waals surface area contributed by atoms with Crippen molar-refractivity contribution < 1.29 is 80.8 Å². The van der Waals surface area contributed by atoms with Gasteiger partial charge in [-0.25, -0.2) is 24.2 Å². The summed E-state index contributed by atoms with van der Waals surface area (Å²) in [6, 6.07) is 7.01. The quantitative estimate of drug-likeness (QED) is 0.0831. The molecule has 2 aromatic rings. The largest absolute Gasteiger partial charge is 0.527 e. The molecule has 7 nitrogen and oxygen atoms in total. The molecule has 1 aromatic carbocycles. The number of alkyl halides is 13. The van der Waals surface area contributed by atoms with Crippen molar-refractivity contribution in [1.29, 1.82) is 0 Å². The summed E-state index contributed by atoms with van der Waals surface area (Å²) in [5.74, 6) is 1.04. The Labute approximate surface area is 272 Å². The number of hydrogen-bond acceptors (Lipinski definition) is 7. The Morgan fingerprint density at radius 2 is 1.16 bits per heavy atom. The number of halogens is 13. The molecule has 0 bridgehead atoms. The van der Waals surface area contributed by atoms with Gasteiger partial charge >= 0.3 is 36.9 Å². The van der Waals surface area contributed by atoms with Crippen molar-refractivity contribution in [3.8, 4) is 17.1 Å². The molecule has 20 heteroatoms. The first kappa shape index (κ1) is 42.2. The van der Waals surface area contributed by atoms with Crippen LogP contribution in [-0.4, -0.2) is 66.7 Å². The van der Waals surface area contributed by atoms with Gasteiger partial charge in [0, 0.05) is 24.6 Å². The molecule has 0 saturated heterocycles. The average Bonchev–Trinajstić information content (AvgIpc) is 2.97. The number of aromatic nitrogens is 2. The van der Waals surface area contributed by atoms with Gasteiger partial charge < -0.3 is 9.47 Å². The Balaban J connectivity index is 1.87. The zero-order valence-electron chi connectivity index (χ0n) is 25.8. The molecular weight excluding hydrogens is 703 g/mol. The monoisotopic (exact) mass is 736 g/mol. The Hall–Kier alpha value is -2.97. The van der Waals surface area contributed by atoms with Crippen LogP contribution >= 0.6 is 0 Å². The maximum absolute atomic E-state index is 13.8. The molecule has 1 heterocycles. The Bertz CT molecular complexity index is 1270. The van der Waals surface area contributed by atoms with Crippen LogP contribution in [0.25, 0.3) is 11.4 Å². The van der Waals surface area contributed by atoms with E-state index < -0.39 is 50.1 Å². The highest BCUT2D eigenvalue weighted by Crippen LogP contribution is 2.48. The van der Waals surface area contributed by atoms with Gasteiger partial charge in [-0.3, -0.25) is 0 Å². The molecule has 0 saturated carbocycles. The topological polar surface area (TPSA) is 71.9 Å². The van der Waals surface area contributed by atoms with Gasteiger partial charge in [-0.05, 0) is 55.5 Å². The van der Waals surface area contributed by atoms with E-state index in [2.05, 4.69) is 26.4 Å². The summed E-state index contributed by atoms with van der Waals surface area (Å²) >= 11 is 0. The first-order chi connectivity index (χ1) is 22.6. The van der Waals surface area contributed by atoms with Crippen LogP contribution in [0.1, 0.15) is 63.9 Å². The molecule has 0 aliphatic rings. The molecule has 0 aliphatic heterocycles. The Morgan fingerprint density at radius 1 is 0.612 bits per heavy atom. The van der Waals surface area contributed by atoms with Crippen LogP contribution in [0.15, 0.2) is 36.7 Å². The van der Waals surface area contributed by atoms with Gasteiger partial charge in [-0.15, -0.1) is 13.2 Å². The molecule has 0 spiro atoms. The zero-order valence-corrected chi connectivity index (χ0v) is 25.8. The van der Waals surface area contributed by atoms with Gasteiger partial charge in [0.05, 0.1) is 6.61 Å². The summed E-state index contributed by atoms with van der Waals surface area (Å²) < 4.78 is 186. The SMILES string of the molecule is CCCCCCCCc1cc(-c2ncccn2)ccc1OCCCCOCC(F)(F)OC(F)(F)C(F)(F)OC(F)(F)C(F)(F)OC(F)(F)F. The summed E-state index contributed by atoms with van der Waals surface area (Å²) in [5.41, 5.74) is 1.62. The van der Waals surface area contributed by atoms with E-state index in [-0.39, 0.29) is 19.4 Å². The molecule has 0 aliphatic carbocycles. The van der Waals surface area contributed by atoms with Crippen molar-refractivity contribution in [1.82, 2.24) is 9.97 Å². The van der Waals surface area contributed by atoms with Gasteiger partial charge in [-0.2, -0.15) is 43.9 Å². The van der Waals surface area contributed by atoms with E-state index in [4.69, 9.17) is 4.74 Å². The van der Waals surface area contributed by atoms with Crippen LogP contribution in [0.3, 0.4) is 0 Å². The third-order valence-corrected chi connectivity index (χ3v) is 6.35. The van der Waals surface area contributed by atoms with Crippen molar-refractivity contribution in [2.24, 2.45) is 0 Å². The lowest BCUT2D eigenvalue weighted by Gasteiger charge is -2.33. The van der Waals surface area contributed by atoms with Crippen LogP contribution < -0.4 is 4.74 Å². The van der Waals surface area contributed by atoms with Crippen LogP contribution in [0.2, 0.25) is 0 Å². The predicted molar refractivity (Wildman–Crippen MR) is 144 cm³/mol. The van der Waals surface area contributed by atoms with Gasteiger partial charge in [0.25, 0.3) is 0 Å². The summed E-state index contributed by atoms with van der Waals surface area (Å²) in [6.45, 7) is -0.582. The minimum Gasteiger partial charge on any atom is -0.493 e. The van der Waals surface area contributed by atoms with Crippen molar-refractivity contribution in [3.05, 3.63) is 42.2 Å². The lowest BCUT2D eigenvalue weighted by Crippen LogP contribution is -2.57. The maximum atomic E-state index is 13.8. The standard InChI is InChI=1S/C29H33F13N2O5/c1-2-3-4-5-6-7-11-20-18-21(23-43-14-10-15-44-23)12-13-22(20)46-17-9-8-16-45-19-24(30,31)47-25(32,33)26(34,35)48-27(36,37)28(38,39)49-29(40,41)42/h10,12-15,18H,2-9,11,16-17,19H2,1H3. The number of ether oxygens (including phenoxy) is 5. The molecule has 0 atom stereocenters. The molecule has 280 valence electrons. The van der Waals surface area contributed by atoms with Gasteiger partial charge in [-0.1, -0.05) is 39.0 Å². The van der Waals surface area contributed by atoms with Gasteiger partial charge in [0.15, 0.2) is 5.82 Å². The zero-order chi connectivity index (χ0) is 37.0. The maximum Gasteiger partial charge on any atom is 0.527 e. The van der Waals surface area contributed by atoms with Crippen molar-refractivity contribution >= 4 is 0 Å². The summed E-state index contributed by atoms with van der Waals surface area (Å²) in [5, 5.41) is 0. The molecule has 1 aromatic heterocycles. The van der Waals surface area contributed by atoms with Gasteiger partial charge in [0.1, 0.15) is 12.4 Å². The lowest BCUT2D eigenvalue weighted by atomic mass is 10.0. The molecule has 0 radical (unpaired) electrons. The second kappa shape index (κ2) is 17.8. The minimum atomic E-state index is -7.10. The van der Waals surface area contributed by atoms with Crippen LogP contribution in [0.4, 0.5) is 57.1 Å². The predicted octanol–water partition coefficient (Wildman–Crippen LogP) is 9.76. The lowest BCUT2D eigenvalue weighted by molar-refractivity contribution is -0.564. The highest BCUT2D eigenvalue weighted by Gasteiger charge is 2.74. The molecule has 0 unspecified atom stereocenters. The van der Waals surface area contributed by atoms with Crippen molar-refractivity contribution in [2.45, 2.75) is 102 Å². The van der Waals surface area contributed by atoms with E-state index in [1.807, 2.05) is 10.8 Å². The van der Waals surface area contributed by atoms with Gasteiger partial charge in [0.2, 0.25) is 0 Å². The van der Waals surface area contributed by atoms with Crippen LogP contribution in [-0.2, 0) is 25.4 Å². The number of nitrogens with zero attached hydrogens (tertiary/aromatic N) is 2.